The van der Waals surface area contributed by atoms with Crippen molar-refractivity contribution in [2.45, 2.75) is 37.2 Å². The number of hydrogen-bond acceptors (Lipinski definition) is 2. The van der Waals surface area contributed by atoms with Crippen LogP contribution >= 0.6 is 11.8 Å². The number of rotatable bonds is 4. The Hall–Kier alpha value is -0.470. The summed E-state index contributed by atoms with van der Waals surface area (Å²) in [5.41, 5.74) is 1.29. The van der Waals surface area contributed by atoms with E-state index in [4.69, 9.17) is 0 Å². The summed E-state index contributed by atoms with van der Waals surface area (Å²) < 4.78 is 0. The molecule has 0 bridgehead atoms. The predicted molar refractivity (Wildman–Crippen MR) is 65.3 cm³/mol. The lowest BCUT2D eigenvalue weighted by Gasteiger charge is -2.29. The molecule has 1 nitrogen and oxygen atoms in total. The second-order valence-electron chi connectivity index (χ2n) is 4.38. The van der Waals surface area contributed by atoms with Gasteiger partial charge in [-0.1, -0.05) is 24.1 Å². The van der Waals surface area contributed by atoms with Crippen molar-refractivity contribution in [3.05, 3.63) is 29.8 Å². The van der Waals surface area contributed by atoms with Crippen molar-refractivity contribution in [1.29, 1.82) is 0 Å². The van der Waals surface area contributed by atoms with Gasteiger partial charge in [-0.3, -0.25) is 0 Å². The zero-order valence-electron chi connectivity index (χ0n) is 9.15. The van der Waals surface area contributed by atoms with Gasteiger partial charge in [0.1, 0.15) is 0 Å². The molecule has 0 spiro atoms. The van der Waals surface area contributed by atoms with Crippen molar-refractivity contribution < 1.29 is 5.11 Å². The maximum atomic E-state index is 9.86. The predicted octanol–water partition coefficient (Wildman–Crippen LogP) is 3.25. The molecule has 1 atom stereocenters. The van der Waals surface area contributed by atoms with Gasteiger partial charge in [-0.2, -0.15) is 0 Å². The van der Waals surface area contributed by atoms with Crippen LogP contribution in [-0.2, 0) is 0 Å². The summed E-state index contributed by atoms with van der Waals surface area (Å²) in [6, 6.07) is 8.51. The van der Waals surface area contributed by atoms with Gasteiger partial charge in [0.2, 0.25) is 0 Å². The Labute approximate surface area is 95.9 Å². The topological polar surface area (TPSA) is 20.2 Å². The van der Waals surface area contributed by atoms with Crippen molar-refractivity contribution in [1.82, 2.24) is 0 Å². The summed E-state index contributed by atoms with van der Waals surface area (Å²) in [4.78, 5) is 1.26. The van der Waals surface area contributed by atoms with Crippen molar-refractivity contribution in [3.63, 3.8) is 0 Å². The SMILES string of the molecule is Cc1ccc(SCC(O)C2CCC2)cc1. The second kappa shape index (κ2) is 5.04. The van der Waals surface area contributed by atoms with Crippen LogP contribution in [0.15, 0.2) is 29.2 Å². The maximum Gasteiger partial charge on any atom is 0.0662 e. The first-order valence-corrected chi connectivity index (χ1v) is 6.62. The van der Waals surface area contributed by atoms with E-state index in [1.54, 1.807) is 11.8 Å². The minimum absolute atomic E-state index is 0.106. The maximum absolute atomic E-state index is 9.86. The molecule has 0 aliphatic heterocycles. The Morgan fingerprint density at radius 1 is 1.33 bits per heavy atom. The van der Waals surface area contributed by atoms with Crippen molar-refractivity contribution in [2.24, 2.45) is 5.92 Å². The summed E-state index contributed by atoms with van der Waals surface area (Å²) in [5.74, 6) is 1.41. The van der Waals surface area contributed by atoms with Crippen LogP contribution in [0.5, 0.6) is 0 Å². The second-order valence-corrected chi connectivity index (χ2v) is 5.48. The van der Waals surface area contributed by atoms with E-state index in [1.165, 1.54) is 29.7 Å². The molecule has 0 radical (unpaired) electrons. The Bertz CT molecular complexity index is 303. The van der Waals surface area contributed by atoms with Gasteiger partial charge in [-0.25, -0.2) is 0 Å². The van der Waals surface area contributed by atoms with Crippen LogP contribution in [0, 0.1) is 12.8 Å². The third kappa shape index (κ3) is 2.99. The van der Waals surface area contributed by atoms with Crippen molar-refractivity contribution >= 4 is 11.8 Å². The number of thioether (sulfide) groups is 1. The smallest absolute Gasteiger partial charge is 0.0662 e. The van der Waals surface area contributed by atoms with Crippen LogP contribution in [-0.4, -0.2) is 17.0 Å². The molecule has 0 heterocycles. The highest BCUT2D eigenvalue weighted by atomic mass is 32.2. The molecular formula is C13H18OS. The highest BCUT2D eigenvalue weighted by Gasteiger charge is 2.25. The zero-order valence-corrected chi connectivity index (χ0v) is 9.96. The molecule has 0 aromatic heterocycles. The highest BCUT2D eigenvalue weighted by molar-refractivity contribution is 7.99. The number of aryl methyl sites for hydroxylation is 1. The molecule has 1 saturated carbocycles. The molecule has 1 N–H and O–H groups in total. The Balaban J connectivity index is 1.79. The molecule has 1 aromatic carbocycles. The molecule has 2 rings (SSSR count). The number of benzene rings is 1. The highest BCUT2D eigenvalue weighted by Crippen LogP contribution is 2.32. The Morgan fingerprint density at radius 3 is 2.53 bits per heavy atom. The van der Waals surface area contributed by atoms with E-state index in [0.29, 0.717) is 5.92 Å². The Morgan fingerprint density at radius 2 is 2.00 bits per heavy atom. The Kier molecular flexibility index (Phi) is 3.71. The summed E-state index contributed by atoms with van der Waals surface area (Å²) >= 11 is 1.76. The van der Waals surface area contributed by atoms with E-state index in [1.807, 2.05) is 0 Å². The lowest BCUT2D eigenvalue weighted by atomic mass is 9.82. The summed E-state index contributed by atoms with van der Waals surface area (Å²) in [7, 11) is 0. The molecule has 1 unspecified atom stereocenters. The van der Waals surface area contributed by atoms with Crippen LogP contribution in [0.2, 0.25) is 0 Å². The van der Waals surface area contributed by atoms with Gasteiger partial charge in [0.25, 0.3) is 0 Å². The molecule has 1 fully saturated rings. The average Bonchev–Trinajstić information content (AvgIpc) is 2.14. The fraction of sp³-hybridized carbons (Fsp3) is 0.538. The van der Waals surface area contributed by atoms with Gasteiger partial charge in [-0.15, -0.1) is 11.8 Å². The van der Waals surface area contributed by atoms with E-state index in [-0.39, 0.29) is 6.10 Å². The quantitative estimate of drug-likeness (QED) is 0.789. The van der Waals surface area contributed by atoms with Crippen LogP contribution in [0.3, 0.4) is 0 Å². The molecule has 1 aromatic rings. The first-order chi connectivity index (χ1) is 7.25. The van der Waals surface area contributed by atoms with Gasteiger partial charge in [-0.05, 0) is 37.8 Å². The van der Waals surface area contributed by atoms with Gasteiger partial charge < -0.3 is 5.11 Å². The first-order valence-electron chi connectivity index (χ1n) is 5.63. The molecule has 1 aliphatic carbocycles. The van der Waals surface area contributed by atoms with Crippen LogP contribution < -0.4 is 0 Å². The lowest BCUT2D eigenvalue weighted by Crippen LogP contribution is -2.28. The van der Waals surface area contributed by atoms with Crippen LogP contribution in [0.25, 0.3) is 0 Å². The fourth-order valence-corrected chi connectivity index (χ4v) is 2.74. The fourth-order valence-electron chi connectivity index (χ4n) is 1.78. The van der Waals surface area contributed by atoms with Crippen molar-refractivity contribution in [2.75, 3.05) is 5.75 Å². The summed E-state index contributed by atoms with van der Waals surface area (Å²) in [5, 5.41) is 9.86. The first kappa shape index (κ1) is 11.0. The van der Waals surface area contributed by atoms with E-state index in [0.717, 1.165) is 5.75 Å². The molecule has 0 saturated heterocycles. The van der Waals surface area contributed by atoms with Gasteiger partial charge in [0.05, 0.1) is 6.10 Å². The molecule has 0 amide bonds. The average molecular weight is 222 g/mol. The third-order valence-corrected chi connectivity index (χ3v) is 4.25. The number of aliphatic hydroxyl groups excluding tert-OH is 1. The molecule has 1 aliphatic rings. The third-order valence-electron chi connectivity index (χ3n) is 3.14. The monoisotopic (exact) mass is 222 g/mol. The lowest BCUT2D eigenvalue weighted by molar-refractivity contribution is 0.0817. The molecule has 2 heteroatoms. The minimum Gasteiger partial charge on any atom is -0.392 e. The standard InChI is InChI=1S/C13H18OS/c1-10-5-7-12(8-6-10)15-9-13(14)11-3-2-4-11/h5-8,11,13-14H,2-4,9H2,1H3. The van der Waals surface area contributed by atoms with E-state index in [2.05, 4.69) is 31.2 Å². The van der Waals surface area contributed by atoms with E-state index >= 15 is 0 Å². The minimum atomic E-state index is -0.106. The summed E-state index contributed by atoms with van der Waals surface area (Å²) in [6.45, 7) is 2.09. The van der Waals surface area contributed by atoms with E-state index < -0.39 is 0 Å². The van der Waals surface area contributed by atoms with Gasteiger partial charge in [0.15, 0.2) is 0 Å². The van der Waals surface area contributed by atoms with E-state index in [9.17, 15) is 5.11 Å². The molecular weight excluding hydrogens is 204 g/mol. The summed E-state index contributed by atoms with van der Waals surface area (Å²) in [6.07, 6.45) is 3.63. The number of hydrogen-bond donors (Lipinski definition) is 1. The van der Waals surface area contributed by atoms with Crippen molar-refractivity contribution in [3.8, 4) is 0 Å². The van der Waals surface area contributed by atoms with Gasteiger partial charge in [0, 0.05) is 10.6 Å². The van der Waals surface area contributed by atoms with Crippen LogP contribution in [0.4, 0.5) is 0 Å². The normalized spacial score (nSPS) is 18.5. The number of aliphatic hydroxyl groups is 1. The molecule has 82 valence electrons. The molecule has 15 heavy (non-hydrogen) atoms. The largest absolute Gasteiger partial charge is 0.392 e. The van der Waals surface area contributed by atoms with Crippen LogP contribution in [0.1, 0.15) is 24.8 Å². The van der Waals surface area contributed by atoms with Gasteiger partial charge >= 0.3 is 0 Å². The zero-order chi connectivity index (χ0) is 10.7.